The van der Waals surface area contributed by atoms with Gasteiger partial charge < -0.3 is 9.64 Å². The summed E-state index contributed by atoms with van der Waals surface area (Å²) >= 11 is 1.88. The Morgan fingerprint density at radius 2 is 2.00 bits per heavy atom. The smallest absolute Gasteiger partial charge is 0.410 e. The van der Waals surface area contributed by atoms with E-state index in [4.69, 9.17) is 4.74 Å². The number of carbonyl (C=O) groups is 1. The van der Waals surface area contributed by atoms with Crippen LogP contribution in [0.15, 0.2) is 11.5 Å². The van der Waals surface area contributed by atoms with Crippen LogP contribution in [0.25, 0.3) is 0 Å². The summed E-state index contributed by atoms with van der Waals surface area (Å²) in [6.07, 6.45) is 4.29. The van der Waals surface area contributed by atoms with E-state index in [2.05, 4.69) is 11.5 Å². The van der Waals surface area contributed by atoms with Crippen molar-refractivity contribution in [2.24, 2.45) is 5.41 Å². The average Bonchev–Trinajstić information content (AvgIpc) is 2.65. The third-order valence-corrected chi connectivity index (χ3v) is 4.37. The molecule has 1 saturated heterocycles. The van der Waals surface area contributed by atoms with Crippen LogP contribution in [0.1, 0.15) is 33.6 Å². The molecule has 0 unspecified atom stereocenters. The maximum atomic E-state index is 11.9. The van der Waals surface area contributed by atoms with Crippen LogP contribution in [-0.4, -0.2) is 35.4 Å². The highest BCUT2D eigenvalue weighted by Crippen LogP contribution is 2.41. The van der Waals surface area contributed by atoms with Gasteiger partial charge in [-0.15, -0.1) is 11.8 Å². The van der Waals surface area contributed by atoms with Crippen molar-refractivity contribution in [1.29, 1.82) is 0 Å². The van der Waals surface area contributed by atoms with E-state index in [9.17, 15) is 4.79 Å². The first-order valence-corrected chi connectivity index (χ1v) is 7.22. The summed E-state index contributed by atoms with van der Waals surface area (Å²) in [4.78, 5) is 13.7. The molecule has 2 heterocycles. The van der Waals surface area contributed by atoms with E-state index < -0.39 is 5.60 Å². The molecule has 0 bridgehead atoms. The zero-order valence-corrected chi connectivity index (χ0v) is 11.7. The number of amides is 1. The summed E-state index contributed by atoms with van der Waals surface area (Å²) in [5.41, 5.74) is -0.0431. The monoisotopic (exact) mass is 255 g/mol. The lowest BCUT2D eigenvalue weighted by Gasteiger charge is -2.38. The SMILES string of the molecule is CC(C)(C)OC(=O)N1CCC2(C=CSC2)CC1. The fourth-order valence-corrected chi connectivity index (χ4v) is 3.42. The van der Waals surface area contributed by atoms with E-state index in [0.717, 1.165) is 25.9 Å². The highest BCUT2D eigenvalue weighted by atomic mass is 32.2. The first kappa shape index (κ1) is 12.8. The number of likely N-dealkylation sites (tertiary alicyclic amines) is 1. The molecule has 0 aromatic carbocycles. The summed E-state index contributed by atoms with van der Waals surface area (Å²) in [6.45, 7) is 7.37. The van der Waals surface area contributed by atoms with Gasteiger partial charge in [-0.05, 0) is 39.0 Å². The predicted octanol–water partition coefficient (Wildman–Crippen LogP) is 3.26. The van der Waals surface area contributed by atoms with Gasteiger partial charge in [0, 0.05) is 24.3 Å². The van der Waals surface area contributed by atoms with Crippen molar-refractivity contribution < 1.29 is 9.53 Å². The molecule has 96 valence electrons. The third-order valence-electron chi connectivity index (χ3n) is 3.30. The van der Waals surface area contributed by atoms with Gasteiger partial charge in [0.05, 0.1) is 0 Å². The van der Waals surface area contributed by atoms with Gasteiger partial charge in [0.15, 0.2) is 0 Å². The summed E-state index contributed by atoms with van der Waals surface area (Å²) in [5, 5.41) is 2.20. The van der Waals surface area contributed by atoms with E-state index >= 15 is 0 Å². The van der Waals surface area contributed by atoms with Crippen LogP contribution in [0.5, 0.6) is 0 Å². The van der Waals surface area contributed by atoms with Gasteiger partial charge in [-0.1, -0.05) is 6.08 Å². The van der Waals surface area contributed by atoms with Gasteiger partial charge in [-0.3, -0.25) is 0 Å². The molecule has 0 saturated carbocycles. The van der Waals surface area contributed by atoms with Gasteiger partial charge in [-0.25, -0.2) is 4.79 Å². The number of carbonyl (C=O) groups excluding carboxylic acids is 1. The maximum absolute atomic E-state index is 11.9. The zero-order chi connectivity index (χ0) is 12.5. The standard InChI is InChI=1S/C13H21NO2S/c1-12(2,3)16-11(15)14-7-4-13(5-8-14)6-9-17-10-13/h6,9H,4-5,7-8,10H2,1-3H3. The Hall–Kier alpha value is -0.640. The van der Waals surface area contributed by atoms with E-state index in [1.165, 1.54) is 5.75 Å². The molecule has 0 atom stereocenters. The number of ether oxygens (including phenoxy) is 1. The fraction of sp³-hybridized carbons (Fsp3) is 0.769. The van der Waals surface area contributed by atoms with Crippen molar-refractivity contribution in [3.05, 3.63) is 11.5 Å². The first-order valence-electron chi connectivity index (χ1n) is 6.18. The molecule has 1 spiro atoms. The Balaban J connectivity index is 1.86. The molecule has 3 nitrogen and oxygen atoms in total. The molecular weight excluding hydrogens is 234 g/mol. The summed E-state index contributed by atoms with van der Waals surface area (Å²) in [7, 11) is 0. The molecule has 2 aliphatic heterocycles. The number of hydrogen-bond acceptors (Lipinski definition) is 3. The van der Waals surface area contributed by atoms with Crippen LogP contribution in [0, 0.1) is 5.41 Å². The van der Waals surface area contributed by atoms with Crippen LogP contribution in [0.2, 0.25) is 0 Å². The molecule has 0 aromatic heterocycles. The maximum Gasteiger partial charge on any atom is 0.410 e. The Morgan fingerprint density at radius 3 is 2.47 bits per heavy atom. The van der Waals surface area contributed by atoms with Crippen molar-refractivity contribution in [3.8, 4) is 0 Å². The Labute approximate surface area is 108 Å². The molecule has 2 aliphatic rings. The minimum Gasteiger partial charge on any atom is -0.444 e. The second-order valence-electron chi connectivity index (χ2n) is 5.94. The highest BCUT2D eigenvalue weighted by molar-refractivity contribution is 8.02. The van der Waals surface area contributed by atoms with Crippen molar-refractivity contribution in [1.82, 2.24) is 4.90 Å². The topological polar surface area (TPSA) is 29.5 Å². The minimum atomic E-state index is -0.394. The van der Waals surface area contributed by atoms with Crippen molar-refractivity contribution >= 4 is 17.9 Å². The number of piperidine rings is 1. The van der Waals surface area contributed by atoms with Crippen LogP contribution >= 0.6 is 11.8 Å². The number of nitrogens with zero attached hydrogens (tertiary/aromatic N) is 1. The predicted molar refractivity (Wildman–Crippen MR) is 71.1 cm³/mol. The Kier molecular flexibility index (Phi) is 3.43. The minimum absolute atomic E-state index is 0.165. The summed E-state index contributed by atoms with van der Waals surface area (Å²) in [5.74, 6) is 1.18. The van der Waals surface area contributed by atoms with E-state index in [1.807, 2.05) is 37.4 Å². The van der Waals surface area contributed by atoms with Gasteiger partial charge in [0.2, 0.25) is 0 Å². The number of hydrogen-bond donors (Lipinski definition) is 0. The molecular formula is C13H21NO2S. The van der Waals surface area contributed by atoms with Gasteiger partial charge in [0.25, 0.3) is 0 Å². The Bertz CT molecular complexity index is 325. The van der Waals surface area contributed by atoms with Crippen molar-refractivity contribution in [3.63, 3.8) is 0 Å². The van der Waals surface area contributed by atoms with Crippen molar-refractivity contribution in [2.45, 2.75) is 39.2 Å². The molecule has 1 fully saturated rings. The molecule has 17 heavy (non-hydrogen) atoms. The lowest BCUT2D eigenvalue weighted by molar-refractivity contribution is 0.0159. The lowest BCUT2D eigenvalue weighted by Crippen LogP contribution is -2.44. The van der Waals surface area contributed by atoms with E-state index in [0.29, 0.717) is 5.41 Å². The molecule has 0 N–H and O–H groups in total. The van der Waals surface area contributed by atoms with Crippen LogP contribution < -0.4 is 0 Å². The number of thioether (sulfide) groups is 1. The summed E-state index contributed by atoms with van der Waals surface area (Å²) in [6, 6.07) is 0. The van der Waals surface area contributed by atoms with Gasteiger partial charge >= 0.3 is 6.09 Å². The highest BCUT2D eigenvalue weighted by Gasteiger charge is 2.36. The Morgan fingerprint density at radius 1 is 1.35 bits per heavy atom. The second kappa shape index (κ2) is 4.56. The van der Waals surface area contributed by atoms with Gasteiger partial charge in [0.1, 0.15) is 5.60 Å². The van der Waals surface area contributed by atoms with Crippen molar-refractivity contribution in [2.75, 3.05) is 18.8 Å². The third kappa shape index (κ3) is 3.18. The van der Waals surface area contributed by atoms with Crippen LogP contribution in [-0.2, 0) is 4.74 Å². The normalized spacial score (nSPS) is 23.1. The first-order chi connectivity index (χ1) is 7.90. The lowest BCUT2D eigenvalue weighted by atomic mass is 9.81. The molecule has 2 rings (SSSR count). The molecule has 0 radical (unpaired) electrons. The second-order valence-corrected chi connectivity index (χ2v) is 6.84. The zero-order valence-electron chi connectivity index (χ0n) is 10.9. The molecule has 0 aliphatic carbocycles. The summed E-state index contributed by atoms with van der Waals surface area (Å²) < 4.78 is 5.39. The number of rotatable bonds is 0. The molecule has 4 heteroatoms. The average molecular weight is 255 g/mol. The molecule has 1 amide bonds. The van der Waals surface area contributed by atoms with Crippen LogP contribution in [0.3, 0.4) is 0 Å². The number of allylic oxidation sites excluding steroid dienone is 1. The van der Waals surface area contributed by atoms with Crippen LogP contribution in [0.4, 0.5) is 4.79 Å². The van der Waals surface area contributed by atoms with E-state index in [1.54, 1.807) is 0 Å². The largest absolute Gasteiger partial charge is 0.444 e. The van der Waals surface area contributed by atoms with E-state index in [-0.39, 0.29) is 6.09 Å². The fourth-order valence-electron chi connectivity index (χ4n) is 2.23. The molecule has 0 aromatic rings. The quantitative estimate of drug-likeness (QED) is 0.665. The van der Waals surface area contributed by atoms with Gasteiger partial charge in [-0.2, -0.15) is 0 Å².